The van der Waals surface area contributed by atoms with Crippen molar-refractivity contribution in [3.8, 4) is 5.75 Å². The number of nitrogens with zero attached hydrogens (tertiary/aromatic N) is 3. The van der Waals surface area contributed by atoms with Gasteiger partial charge in [-0.1, -0.05) is 126 Å². The van der Waals surface area contributed by atoms with Gasteiger partial charge in [-0.2, -0.15) is 0 Å². The number of carbonyl (C=O) groups excluding carboxylic acids is 11. The van der Waals surface area contributed by atoms with Crippen molar-refractivity contribution in [3.63, 3.8) is 0 Å². The Labute approximate surface area is 688 Å². The van der Waals surface area contributed by atoms with Crippen LogP contribution in [-0.4, -0.2) is 222 Å². The van der Waals surface area contributed by atoms with Crippen LogP contribution < -0.4 is 26.6 Å². The number of likely N-dealkylation sites (N-methyl/N-ethyl adjacent to an activating group) is 1. The number of aliphatic carboxylic acids is 5. The lowest BCUT2D eigenvalue weighted by atomic mass is 9.82. The zero-order valence-electron chi connectivity index (χ0n) is 67.4. The summed E-state index contributed by atoms with van der Waals surface area (Å²) in [4.78, 5) is 215. The van der Waals surface area contributed by atoms with Gasteiger partial charge in [0.05, 0.1) is 54.6 Å². The number of phenols is 1. The topological polar surface area (TPSA) is 492 Å². The highest BCUT2D eigenvalue weighted by atomic mass is 33.1. The van der Waals surface area contributed by atoms with Gasteiger partial charge in [0.2, 0.25) is 29.5 Å². The van der Waals surface area contributed by atoms with E-state index in [2.05, 4.69) is 31.5 Å². The Hall–Kier alpha value is -9.35. The van der Waals surface area contributed by atoms with Crippen LogP contribution in [0.5, 0.6) is 5.75 Å². The van der Waals surface area contributed by atoms with Crippen LogP contribution in [0.15, 0.2) is 53.9 Å². The lowest BCUT2D eigenvalue weighted by Crippen LogP contribution is -2.50. The highest BCUT2D eigenvalue weighted by molar-refractivity contribution is 8.76. The van der Waals surface area contributed by atoms with E-state index in [0.717, 1.165) is 53.0 Å². The maximum Gasteiger partial charge on any atom is 0.327 e. The fourth-order valence-corrected chi connectivity index (χ4v) is 16.2. The first-order chi connectivity index (χ1) is 55.0. The minimum atomic E-state index is -1.74. The number of nitrogens with one attached hydrogen (secondary N) is 5. The van der Waals surface area contributed by atoms with Gasteiger partial charge in [0.25, 0.3) is 5.91 Å². The molecule has 642 valence electrons. The number of likely N-dealkylation sites (tertiary alicyclic amines) is 1. The van der Waals surface area contributed by atoms with Gasteiger partial charge >= 0.3 is 41.8 Å². The van der Waals surface area contributed by atoms with E-state index in [1.807, 2.05) is 48.6 Å². The summed E-state index contributed by atoms with van der Waals surface area (Å²) in [5.74, 6) is -17.8. The van der Waals surface area contributed by atoms with Crippen LogP contribution in [0.3, 0.4) is 0 Å². The highest BCUT2D eigenvalue weighted by Crippen LogP contribution is 2.34. The molecule has 1 unspecified atom stereocenters. The molecule has 2 heterocycles. The predicted octanol–water partition coefficient (Wildman–Crippen LogP) is 7.97. The Morgan fingerprint density at radius 3 is 1.91 bits per heavy atom. The minimum Gasteiger partial charge on any atom is -0.508 e. The van der Waals surface area contributed by atoms with Gasteiger partial charge in [0.1, 0.15) is 36.4 Å². The molecule has 1 saturated heterocycles. The van der Waals surface area contributed by atoms with Gasteiger partial charge in [0, 0.05) is 91.8 Å². The third-order valence-electron chi connectivity index (χ3n) is 20.2. The standard InChI is InChI=1S/C81H116N8O24S3/c1-9-17-73(102)113-47-89(79(107)60(49(5)10-2)42-67(93)64-20-14-16-31-88(64)8)65(48(3)4)35-51(7)78-87-62(45-114-78)77(106)84-57(36-52-26-28-58(90)29-27-52)34-50(6)75(104)83-44-74(103)112-32-33-115-116-46-63(81(110)111)86-76(105)56(41-71(98)99)40-66(92)61(43-72(100)101)85-69(95)38-54-24-22-53(23-25-54)37-68(94)82-30-15-13-18-55(80(108)109)39-59(91)19-11-12-21-70(96)97/h22-29,45,48-51,55-57,60-61,63-65,90H,9-21,30-44,46-47H2,1-8H3,(H,82,94)(H,83,104)(H,84,106)(H,85,95)(H,86,105)(H,96,97)(H,98,99)(H,100,101)(H,108,109)(H,110,111)/t49?,50-,51+,55+,56-,57+,60-,61-,63-,64+,65+/m0/s1. The van der Waals surface area contributed by atoms with E-state index in [9.17, 15) is 102 Å². The summed E-state index contributed by atoms with van der Waals surface area (Å²) >= 11 is 1.26. The number of hydrogen-bond donors (Lipinski definition) is 11. The van der Waals surface area contributed by atoms with Gasteiger partial charge in [-0.25, -0.2) is 9.78 Å². The van der Waals surface area contributed by atoms with Gasteiger partial charge in [-0.3, -0.25) is 76.8 Å². The molecule has 0 radical (unpaired) electrons. The first-order valence-corrected chi connectivity index (χ1v) is 42.9. The number of amides is 6. The maximum atomic E-state index is 15.0. The van der Waals surface area contributed by atoms with Crippen LogP contribution in [-0.2, 0) is 101 Å². The molecule has 0 spiro atoms. The predicted molar refractivity (Wildman–Crippen MR) is 432 cm³/mol. The molecule has 1 aromatic heterocycles. The molecule has 1 fully saturated rings. The van der Waals surface area contributed by atoms with Gasteiger partial charge in [-0.05, 0) is 118 Å². The zero-order valence-corrected chi connectivity index (χ0v) is 69.9. The number of Topliss-reactive ketones (excluding diaryl/α,β-unsaturated/α-hetero) is 3. The minimum absolute atomic E-state index is 0.0169. The lowest BCUT2D eigenvalue weighted by molar-refractivity contribution is -0.160. The first kappa shape index (κ1) is 99.0. The number of aromatic nitrogens is 1. The quantitative estimate of drug-likeness (QED) is 0.0110. The number of unbranched alkanes of at least 4 members (excludes halogenated alkanes) is 2. The Bertz CT molecular complexity index is 3780. The number of phenolic OH excluding ortho intramolecular Hbond substituents is 1. The Balaban J connectivity index is 1.27. The lowest BCUT2D eigenvalue weighted by Gasteiger charge is -2.39. The molecule has 0 saturated carbocycles. The van der Waals surface area contributed by atoms with Crippen molar-refractivity contribution >= 4 is 128 Å². The number of aromatic hydroxyl groups is 1. The molecule has 0 aliphatic carbocycles. The molecule has 4 rings (SSSR count). The number of rotatable bonds is 58. The number of ether oxygens (including phenoxy) is 2. The molecule has 6 amide bonds. The average molecular weight is 1680 g/mol. The van der Waals surface area contributed by atoms with Crippen LogP contribution in [0, 0.1) is 35.5 Å². The van der Waals surface area contributed by atoms with Crippen molar-refractivity contribution in [2.75, 3.05) is 51.5 Å². The number of thiazole rings is 1. The van der Waals surface area contributed by atoms with Gasteiger partial charge in [0.15, 0.2) is 18.3 Å². The Morgan fingerprint density at radius 2 is 1.30 bits per heavy atom. The molecule has 35 heteroatoms. The number of carbonyl (C=O) groups is 16. The summed E-state index contributed by atoms with van der Waals surface area (Å²) in [6, 6.07) is 7.70. The fourth-order valence-electron chi connectivity index (χ4n) is 13.3. The highest BCUT2D eigenvalue weighted by Gasteiger charge is 2.40. The van der Waals surface area contributed by atoms with Crippen molar-refractivity contribution in [1.29, 1.82) is 0 Å². The maximum absolute atomic E-state index is 15.0. The first-order valence-electron chi connectivity index (χ1n) is 39.5. The Morgan fingerprint density at radius 1 is 0.647 bits per heavy atom. The average Bonchev–Trinajstić information content (AvgIpc) is 1.68. The third-order valence-corrected chi connectivity index (χ3v) is 23.6. The number of benzene rings is 2. The van der Waals surface area contributed by atoms with Gasteiger partial charge < -0.3 is 71.6 Å². The molecule has 2 aromatic carbocycles. The van der Waals surface area contributed by atoms with Crippen molar-refractivity contribution in [1.82, 2.24) is 41.4 Å². The normalized spacial score (nSPS) is 15.4. The molecule has 11 N–H and O–H groups in total. The van der Waals surface area contributed by atoms with Crippen LogP contribution >= 0.6 is 32.9 Å². The number of esters is 2. The van der Waals surface area contributed by atoms with E-state index < -0.39 is 145 Å². The number of piperidine rings is 1. The van der Waals surface area contributed by atoms with Crippen molar-refractivity contribution < 1.29 is 117 Å². The molecule has 11 atom stereocenters. The summed E-state index contributed by atoms with van der Waals surface area (Å²) < 4.78 is 11.0. The second kappa shape index (κ2) is 52.4. The number of hydrogen-bond acceptors (Lipinski definition) is 24. The summed E-state index contributed by atoms with van der Waals surface area (Å²) in [5.41, 5.74) is 1.77. The van der Waals surface area contributed by atoms with E-state index in [0.29, 0.717) is 61.1 Å². The zero-order chi connectivity index (χ0) is 86.1. The molecule has 32 nitrogen and oxygen atoms in total. The van der Waals surface area contributed by atoms with E-state index in [1.54, 1.807) is 41.5 Å². The summed E-state index contributed by atoms with van der Waals surface area (Å²) in [6.07, 6.45) is 3.01. The summed E-state index contributed by atoms with van der Waals surface area (Å²) in [5, 5.41) is 72.8. The molecule has 116 heavy (non-hydrogen) atoms. The molecule has 3 aromatic rings. The summed E-state index contributed by atoms with van der Waals surface area (Å²) in [6.45, 7) is 13.3. The molecule has 1 aliphatic rings. The molecule has 0 bridgehead atoms. The second-order valence-electron chi connectivity index (χ2n) is 30.1. The third kappa shape index (κ3) is 37.3. The van der Waals surface area contributed by atoms with Crippen LogP contribution in [0.25, 0.3) is 0 Å². The number of carboxylic acids is 5. The van der Waals surface area contributed by atoms with Crippen molar-refractivity contribution in [3.05, 3.63) is 81.3 Å². The largest absolute Gasteiger partial charge is 0.508 e. The SMILES string of the molecule is CCCC(=O)OCN(C(=O)[C@@H](CC(=O)[C@H]1CCCCN1C)C(C)CC)[C@H](C[C@@H](C)c1nc(C(=O)N[C@@H](Cc2ccc(O)cc2)C[C@H](C)C(=O)NCC(=O)OCCSSC[C@H](NC(=O)[C@H](CC(=O)O)CC(=O)[C@H](CC(=O)O)NC(=O)Cc2ccc(CC(=O)NCCCC[C@H](CC(=O)CCCCC(=O)O)C(=O)O)cc2)C(=O)O)cs1)C(C)C. The van der Waals surface area contributed by atoms with Crippen LogP contribution in [0.2, 0.25) is 0 Å². The van der Waals surface area contributed by atoms with Crippen LogP contribution in [0.4, 0.5) is 0 Å². The molecular formula is C81H116N8O24S3. The number of carboxylic acid groups (broad SMARTS) is 5. The molecule has 1 aliphatic heterocycles. The fraction of sp³-hybridized carbons (Fsp3) is 0.617. The monoisotopic (exact) mass is 1680 g/mol. The van der Waals surface area contributed by atoms with Gasteiger partial charge in [-0.15, -0.1) is 11.3 Å². The summed E-state index contributed by atoms with van der Waals surface area (Å²) in [7, 11) is 3.92. The van der Waals surface area contributed by atoms with Crippen LogP contribution in [0.1, 0.15) is 215 Å². The van der Waals surface area contributed by atoms with Crippen molar-refractivity contribution in [2.24, 2.45) is 35.5 Å². The van der Waals surface area contributed by atoms with E-state index in [1.165, 1.54) is 35.6 Å². The smallest absolute Gasteiger partial charge is 0.327 e. The Kier molecular flexibility index (Phi) is 44.7. The second-order valence-corrected chi connectivity index (χ2v) is 33.6. The molecular weight excluding hydrogens is 1570 g/mol. The van der Waals surface area contributed by atoms with E-state index in [-0.39, 0.29) is 154 Å². The number of ketones is 3. The van der Waals surface area contributed by atoms with Crippen molar-refractivity contribution in [2.45, 2.75) is 232 Å². The van der Waals surface area contributed by atoms with E-state index >= 15 is 0 Å². The van der Waals surface area contributed by atoms with E-state index in [4.69, 9.17) is 19.6 Å².